The fraction of sp³-hybridized carbons (Fsp3) is 0.167. The number of nitrogens with zero attached hydrogens (tertiary/aromatic N) is 1. The van der Waals surface area contributed by atoms with Crippen molar-refractivity contribution in [1.82, 2.24) is 10.5 Å². The molecule has 82 valence electrons. The second-order valence-electron chi connectivity index (χ2n) is 3.75. The Morgan fingerprint density at radius 2 is 2.06 bits per heavy atom. The van der Waals surface area contributed by atoms with E-state index in [9.17, 15) is 4.79 Å². The second-order valence-corrected chi connectivity index (χ2v) is 3.75. The van der Waals surface area contributed by atoms with Gasteiger partial charge in [0.2, 0.25) is 0 Å². The number of carbonyl (C=O) groups excluding carboxylic acids is 1. The molecule has 0 unspecified atom stereocenters. The van der Waals surface area contributed by atoms with Gasteiger partial charge in [0.25, 0.3) is 5.91 Å². The van der Waals surface area contributed by atoms with Crippen molar-refractivity contribution in [1.29, 1.82) is 0 Å². The lowest BCUT2D eigenvalue weighted by Gasteiger charge is -2.05. The molecule has 0 atom stereocenters. The van der Waals surface area contributed by atoms with E-state index in [4.69, 9.17) is 5.21 Å². The van der Waals surface area contributed by atoms with Crippen LogP contribution in [0.4, 0.5) is 0 Å². The Morgan fingerprint density at radius 1 is 1.31 bits per heavy atom. The number of hydrogen-bond acceptors (Lipinski definition) is 3. The minimum Gasteiger partial charge on any atom is -0.288 e. The number of aryl methyl sites for hydroxylation is 2. The van der Waals surface area contributed by atoms with Gasteiger partial charge in [-0.15, -0.1) is 0 Å². The van der Waals surface area contributed by atoms with E-state index in [1.807, 2.05) is 26.0 Å². The first kappa shape index (κ1) is 10.6. The van der Waals surface area contributed by atoms with Crippen LogP contribution in [0.25, 0.3) is 10.9 Å². The van der Waals surface area contributed by atoms with Gasteiger partial charge < -0.3 is 0 Å². The van der Waals surface area contributed by atoms with Crippen molar-refractivity contribution < 1.29 is 10.0 Å². The molecule has 2 N–H and O–H groups in total. The molecule has 4 nitrogen and oxygen atoms in total. The molecule has 1 amide bonds. The maximum atomic E-state index is 11.2. The number of hydrogen-bond donors (Lipinski definition) is 2. The second kappa shape index (κ2) is 3.90. The van der Waals surface area contributed by atoms with E-state index in [1.165, 1.54) is 0 Å². The third kappa shape index (κ3) is 1.75. The zero-order chi connectivity index (χ0) is 11.7. The Morgan fingerprint density at radius 3 is 2.75 bits per heavy atom. The molecule has 1 heterocycles. The summed E-state index contributed by atoms with van der Waals surface area (Å²) in [5.74, 6) is -0.525. The van der Waals surface area contributed by atoms with Gasteiger partial charge in [-0.05, 0) is 37.6 Å². The molecule has 2 rings (SSSR count). The highest BCUT2D eigenvalue weighted by atomic mass is 16.5. The first-order chi connectivity index (χ1) is 7.61. The van der Waals surface area contributed by atoms with Crippen LogP contribution < -0.4 is 5.48 Å². The van der Waals surface area contributed by atoms with Crippen LogP contribution in [0.1, 0.15) is 21.6 Å². The van der Waals surface area contributed by atoms with E-state index in [1.54, 1.807) is 17.6 Å². The van der Waals surface area contributed by atoms with Gasteiger partial charge >= 0.3 is 0 Å². The predicted octanol–water partition coefficient (Wildman–Crippen LogP) is 1.97. The fourth-order valence-corrected chi connectivity index (χ4v) is 1.78. The van der Waals surface area contributed by atoms with Crippen molar-refractivity contribution >= 4 is 16.8 Å². The lowest BCUT2D eigenvalue weighted by molar-refractivity contribution is 0.0706. The molecular weight excluding hydrogens is 204 g/mol. The van der Waals surface area contributed by atoms with Gasteiger partial charge in [-0.3, -0.25) is 15.0 Å². The van der Waals surface area contributed by atoms with Crippen LogP contribution in [-0.4, -0.2) is 16.1 Å². The number of pyridine rings is 1. The number of benzene rings is 1. The summed E-state index contributed by atoms with van der Waals surface area (Å²) in [5, 5.41) is 9.56. The summed E-state index contributed by atoms with van der Waals surface area (Å²) < 4.78 is 0. The summed E-state index contributed by atoms with van der Waals surface area (Å²) in [7, 11) is 0. The Bertz CT molecular complexity index is 564. The molecular formula is C12H12N2O2. The average molecular weight is 216 g/mol. The first-order valence-corrected chi connectivity index (χ1v) is 4.94. The van der Waals surface area contributed by atoms with E-state index in [2.05, 4.69) is 4.98 Å². The number of fused-ring (bicyclic) bond motifs is 1. The molecule has 0 aliphatic rings. The lowest BCUT2D eigenvalue weighted by Crippen LogP contribution is -2.18. The van der Waals surface area contributed by atoms with Crippen LogP contribution in [-0.2, 0) is 0 Å². The molecule has 16 heavy (non-hydrogen) atoms. The van der Waals surface area contributed by atoms with E-state index in [-0.39, 0.29) is 0 Å². The Hall–Kier alpha value is -1.94. The predicted molar refractivity (Wildman–Crippen MR) is 60.5 cm³/mol. The Labute approximate surface area is 92.9 Å². The Balaban J connectivity index is 2.66. The molecule has 0 fully saturated rings. The number of hydroxylamine groups is 1. The van der Waals surface area contributed by atoms with Crippen molar-refractivity contribution in [2.24, 2.45) is 0 Å². The SMILES string of the molecule is Cc1cc(C)c2ccc(C(=O)NO)cc2n1. The highest BCUT2D eigenvalue weighted by Gasteiger charge is 2.07. The third-order valence-electron chi connectivity index (χ3n) is 2.51. The molecule has 0 aliphatic carbocycles. The van der Waals surface area contributed by atoms with Crippen LogP contribution in [0.5, 0.6) is 0 Å². The van der Waals surface area contributed by atoms with Gasteiger partial charge in [0.05, 0.1) is 5.52 Å². The van der Waals surface area contributed by atoms with Crippen LogP contribution in [0, 0.1) is 13.8 Å². The summed E-state index contributed by atoms with van der Waals surface area (Å²) >= 11 is 0. The van der Waals surface area contributed by atoms with Gasteiger partial charge in [-0.1, -0.05) is 6.07 Å². The van der Waals surface area contributed by atoms with Gasteiger partial charge in [0.15, 0.2) is 0 Å². The first-order valence-electron chi connectivity index (χ1n) is 4.94. The maximum absolute atomic E-state index is 11.2. The summed E-state index contributed by atoms with van der Waals surface area (Å²) in [6.45, 7) is 3.91. The van der Waals surface area contributed by atoms with E-state index in [0.717, 1.165) is 22.2 Å². The number of rotatable bonds is 1. The van der Waals surface area contributed by atoms with Crippen LogP contribution in [0.3, 0.4) is 0 Å². The highest BCUT2D eigenvalue weighted by Crippen LogP contribution is 2.19. The van der Waals surface area contributed by atoms with Crippen LogP contribution in [0.2, 0.25) is 0 Å². The Kier molecular flexibility index (Phi) is 2.58. The van der Waals surface area contributed by atoms with E-state index in [0.29, 0.717) is 5.56 Å². The molecule has 0 saturated heterocycles. The van der Waals surface area contributed by atoms with Crippen molar-refractivity contribution in [3.8, 4) is 0 Å². The molecule has 0 bridgehead atoms. The number of amides is 1. The minimum absolute atomic E-state index is 0.396. The van der Waals surface area contributed by atoms with Crippen molar-refractivity contribution in [2.45, 2.75) is 13.8 Å². The van der Waals surface area contributed by atoms with Gasteiger partial charge in [-0.2, -0.15) is 0 Å². The molecule has 0 saturated carbocycles. The normalized spacial score (nSPS) is 10.4. The van der Waals surface area contributed by atoms with Crippen molar-refractivity contribution in [3.05, 3.63) is 41.1 Å². The lowest BCUT2D eigenvalue weighted by atomic mass is 10.1. The highest BCUT2D eigenvalue weighted by molar-refractivity contribution is 5.97. The van der Waals surface area contributed by atoms with Crippen LogP contribution in [0.15, 0.2) is 24.3 Å². The monoisotopic (exact) mass is 216 g/mol. The minimum atomic E-state index is -0.525. The molecule has 0 aliphatic heterocycles. The van der Waals surface area contributed by atoms with Crippen LogP contribution >= 0.6 is 0 Å². The van der Waals surface area contributed by atoms with Gasteiger partial charge in [-0.25, -0.2) is 5.48 Å². The smallest absolute Gasteiger partial charge is 0.274 e. The number of carbonyl (C=O) groups is 1. The average Bonchev–Trinajstić information content (AvgIpc) is 2.27. The summed E-state index contributed by atoms with van der Waals surface area (Å²) in [6.07, 6.45) is 0. The largest absolute Gasteiger partial charge is 0.288 e. The fourth-order valence-electron chi connectivity index (χ4n) is 1.78. The number of aromatic nitrogens is 1. The summed E-state index contributed by atoms with van der Waals surface area (Å²) in [4.78, 5) is 15.6. The zero-order valence-electron chi connectivity index (χ0n) is 9.11. The van der Waals surface area contributed by atoms with E-state index < -0.39 is 5.91 Å². The zero-order valence-corrected chi connectivity index (χ0v) is 9.11. The summed E-state index contributed by atoms with van der Waals surface area (Å²) in [5.41, 5.74) is 4.80. The number of nitrogens with one attached hydrogen (secondary N) is 1. The topological polar surface area (TPSA) is 62.2 Å². The molecule has 0 radical (unpaired) electrons. The standard InChI is InChI=1S/C12H12N2O2/c1-7-5-8(2)13-11-6-9(12(15)14-16)3-4-10(7)11/h3-6,16H,1-2H3,(H,14,15). The molecule has 2 aromatic rings. The van der Waals surface area contributed by atoms with E-state index >= 15 is 0 Å². The molecule has 0 spiro atoms. The quantitative estimate of drug-likeness (QED) is 0.566. The maximum Gasteiger partial charge on any atom is 0.274 e. The van der Waals surface area contributed by atoms with Crippen molar-refractivity contribution in [2.75, 3.05) is 0 Å². The third-order valence-corrected chi connectivity index (χ3v) is 2.51. The van der Waals surface area contributed by atoms with Crippen molar-refractivity contribution in [3.63, 3.8) is 0 Å². The summed E-state index contributed by atoms with van der Waals surface area (Å²) in [6, 6.07) is 7.16. The molecule has 4 heteroatoms. The molecule has 1 aromatic heterocycles. The van der Waals surface area contributed by atoms with Gasteiger partial charge in [0.1, 0.15) is 0 Å². The van der Waals surface area contributed by atoms with Gasteiger partial charge in [0, 0.05) is 16.6 Å². The molecule has 1 aromatic carbocycles.